The van der Waals surface area contributed by atoms with E-state index in [1.165, 1.54) is 0 Å². The van der Waals surface area contributed by atoms with Crippen molar-refractivity contribution in [3.8, 4) is 11.6 Å². The number of nitrogens with one attached hydrogen (secondary N) is 2. The van der Waals surface area contributed by atoms with E-state index in [1.807, 2.05) is 48.7 Å². The normalized spacial score (nSPS) is 17.6. The fourth-order valence-corrected chi connectivity index (χ4v) is 4.40. The Bertz CT molecular complexity index is 1100. The minimum atomic E-state index is -0.216. The summed E-state index contributed by atoms with van der Waals surface area (Å²) in [7, 11) is 0. The quantitative estimate of drug-likeness (QED) is 0.462. The van der Waals surface area contributed by atoms with Crippen molar-refractivity contribution in [2.45, 2.75) is 43.2 Å². The average molecular weight is 477 g/mol. The third kappa shape index (κ3) is 6.35. The first-order valence-electron chi connectivity index (χ1n) is 11.4. The number of ether oxygens (including phenoxy) is 1. The lowest BCUT2D eigenvalue weighted by atomic mass is 9.85. The van der Waals surface area contributed by atoms with Crippen LogP contribution in [0.2, 0.25) is 0 Å². The molecule has 0 bridgehead atoms. The molecule has 1 fully saturated rings. The fourth-order valence-electron chi connectivity index (χ4n) is 3.99. The topological polar surface area (TPSA) is 93.2 Å². The van der Waals surface area contributed by atoms with Gasteiger partial charge in [0.05, 0.1) is 12.2 Å². The van der Waals surface area contributed by atoms with Gasteiger partial charge < -0.3 is 15.4 Å². The Morgan fingerprint density at radius 3 is 2.44 bits per heavy atom. The van der Waals surface area contributed by atoms with Gasteiger partial charge in [0.2, 0.25) is 11.8 Å². The van der Waals surface area contributed by atoms with Crippen molar-refractivity contribution in [1.29, 1.82) is 0 Å². The zero-order valence-electron chi connectivity index (χ0n) is 19.1. The van der Waals surface area contributed by atoms with Gasteiger partial charge in [-0.05, 0) is 80.5 Å². The number of nitrogens with zero attached hydrogens (tertiary/aromatic N) is 2. The van der Waals surface area contributed by atoms with Gasteiger partial charge in [-0.3, -0.25) is 14.6 Å². The molecule has 3 aromatic rings. The van der Waals surface area contributed by atoms with E-state index in [9.17, 15) is 9.59 Å². The van der Waals surface area contributed by atoms with Crippen LogP contribution in [-0.4, -0.2) is 34.1 Å². The second-order valence-corrected chi connectivity index (χ2v) is 9.07. The second kappa shape index (κ2) is 11.7. The van der Waals surface area contributed by atoms with E-state index in [4.69, 9.17) is 4.74 Å². The van der Waals surface area contributed by atoms with Gasteiger partial charge in [0.15, 0.2) is 0 Å². The summed E-state index contributed by atoms with van der Waals surface area (Å²) in [4.78, 5) is 35.1. The van der Waals surface area contributed by atoms with E-state index in [2.05, 4.69) is 20.6 Å². The Morgan fingerprint density at radius 2 is 1.74 bits per heavy atom. The maximum atomic E-state index is 13.0. The van der Waals surface area contributed by atoms with E-state index >= 15 is 0 Å². The van der Waals surface area contributed by atoms with Crippen molar-refractivity contribution in [2.75, 3.05) is 6.26 Å². The highest BCUT2D eigenvalue weighted by atomic mass is 32.2. The standard InChI is InChI=1S/C26H28N4O3S/c1-34-22-13-11-21(12-14-22)33-26-23(6-4-16-28-26)25(32)30-19-9-7-18(8-10-19)24(31)29-17-20-5-2-3-15-27-20/h2-6,11-16,18-19H,7-10,17H2,1H3,(H,29,31)(H,30,32). The molecular weight excluding hydrogens is 448 g/mol. The number of amides is 2. The molecule has 0 aliphatic heterocycles. The van der Waals surface area contributed by atoms with E-state index in [1.54, 1.807) is 36.3 Å². The Labute approximate surface area is 203 Å². The van der Waals surface area contributed by atoms with Crippen molar-refractivity contribution in [2.24, 2.45) is 5.92 Å². The van der Waals surface area contributed by atoms with Crippen LogP contribution in [0.5, 0.6) is 11.6 Å². The second-order valence-electron chi connectivity index (χ2n) is 8.19. The molecule has 1 aliphatic carbocycles. The van der Waals surface area contributed by atoms with Gasteiger partial charge in [-0.2, -0.15) is 0 Å². The lowest BCUT2D eigenvalue weighted by Gasteiger charge is -2.28. The first kappa shape index (κ1) is 23.8. The molecule has 1 aromatic carbocycles. The van der Waals surface area contributed by atoms with E-state index in [0.717, 1.165) is 36.3 Å². The summed E-state index contributed by atoms with van der Waals surface area (Å²) >= 11 is 1.65. The monoisotopic (exact) mass is 476 g/mol. The number of hydrogen-bond donors (Lipinski definition) is 2. The predicted octanol–water partition coefficient (Wildman–Crippen LogP) is 4.60. The van der Waals surface area contributed by atoms with Crippen molar-refractivity contribution < 1.29 is 14.3 Å². The van der Waals surface area contributed by atoms with Crippen LogP contribution in [0, 0.1) is 5.92 Å². The number of aromatic nitrogens is 2. The minimum absolute atomic E-state index is 0.0151. The number of carbonyl (C=O) groups excluding carboxylic acids is 2. The molecule has 2 aromatic heterocycles. The highest BCUT2D eigenvalue weighted by Crippen LogP contribution is 2.27. The molecule has 2 amide bonds. The van der Waals surface area contributed by atoms with Gasteiger partial charge in [0.1, 0.15) is 11.3 Å². The average Bonchev–Trinajstić information content (AvgIpc) is 2.89. The lowest BCUT2D eigenvalue weighted by molar-refractivity contribution is -0.126. The summed E-state index contributed by atoms with van der Waals surface area (Å²) in [5, 5.41) is 6.07. The van der Waals surface area contributed by atoms with Crippen LogP contribution in [0.3, 0.4) is 0 Å². The Balaban J connectivity index is 1.29. The molecule has 8 heteroatoms. The van der Waals surface area contributed by atoms with Crippen LogP contribution in [0.1, 0.15) is 41.7 Å². The van der Waals surface area contributed by atoms with Gasteiger partial charge in [-0.1, -0.05) is 6.07 Å². The van der Waals surface area contributed by atoms with Gasteiger partial charge >= 0.3 is 0 Å². The van der Waals surface area contributed by atoms with E-state index < -0.39 is 0 Å². The van der Waals surface area contributed by atoms with Crippen LogP contribution < -0.4 is 15.4 Å². The summed E-state index contributed by atoms with van der Waals surface area (Å²) in [6.45, 7) is 0.431. The lowest BCUT2D eigenvalue weighted by Crippen LogP contribution is -2.41. The number of thioether (sulfide) groups is 1. The molecule has 0 radical (unpaired) electrons. The molecule has 0 unspecified atom stereocenters. The molecule has 2 N–H and O–H groups in total. The van der Waals surface area contributed by atoms with Gasteiger partial charge in [-0.25, -0.2) is 4.98 Å². The summed E-state index contributed by atoms with van der Waals surface area (Å²) < 4.78 is 5.89. The molecule has 2 heterocycles. The summed E-state index contributed by atoms with van der Waals surface area (Å²) in [5.74, 6) is 0.693. The summed E-state index contributed by atoms with van der Waals surface area (Å²) in [5.41, 5.74) is 1.23. The minimum Gasteiger partial charge on any atom is -0.438 e. The molecule has 1 saturated carbocycles. The maximum Gasteiger partial charge on any atom is 0.257 e. The molecule has 34 heavy (non-hydrogen) atoms. The first-order chi connectivity index (χ1) is 16.6. The third-order valence-corrected chi connectivity index (χ3v) is 6.64. The Kier molecular flexibility index (Phi) is 8.14. The summed E-state index contributed by atoms with van der Waals surface area (Å²) in [6.07, 6.45) is 8.31. The van der Waals surface area contributed by atoms with Crippen LogP contribution in [-0.2, 0) is 11.3 Å². The van der Waals surface area contributed by atoms with Crippen molar-refractivity contribution in [3.05, 3.63) is 78.2 Å². The van der Waals surface area contributed by atoms with Crippen LogP contribution in [0.4, 0.5) is 0 Å². The van der Waals surface area contributed by atoms with Crippen molar-refractivity contribution in [1.82, 2.24) is 20.6 Å². The highest BCUT2D eigenvalue weighted by Gasteiger charge is 2.28. The van der Waals surface area contributed by atoms with Gasteiger partial charge in [-0.15, -0.1) is 11.8 Å². The molecule has 0 spiro atoms. The highest BCUT2D eigenvalue weighted by molar-refractivity contribution is 7.98. The first-order valence-corrected chi connectivity index (χ1v) is 12.6. The van der Waals surface area contributed by atoms with Crippen LogP contribution >= 0.6 is 11.8 Å². The zero-order valence-corrected chi connectivity index (χ0v) is 19.9. The molecule has 0 saturated heterocycles. The SMILES string of the molecule is CSc1ccc(Oc2ncccc2C(=O)NC2CCC(C(=O)NCc3ccccn3)CC2)cc1. The van der Waals surface area contributed by atoms with Gasteiger partial charge in [0.25, 0.3) is 5.91 Å². The molecule has 4 rings (SSSR count). The molecule has 1 aliphatic rings. The number of rotatable bonds is 8. The van der Waals surface area contributed by atoms with Gasteiger partial charge in [0, 0.05) is 29.2 Å². The Morgan fingerprint density at radius 1 is 0.971 bits per heavy atom. The van der Waals surface area contributed by atoms with E-state index in [-0.39, 0.29) is 29.7 Å². The number of carbonyl (C=O) groups is 2. The fraction of sp³-hybridized carbons (Fsp3) is 0.308. The molecule has 7 nitrogen and oxygen atoms in total. The molecule has 0 atom stereocenters. The molecular formula is C26H28N4O3S. The van der Waals surface area contributed by atoms with Crippen LogP contribution in [0.15, 0.2) is 71.9 Å². The number of hydrogen-bond acceptors (Lipinski definition) is 6. The predicted molar refractivity (Wildman–Crippen MR) is 132 cm³/mol. The Hall–Kier alpha value is -3.39. The smallest absolute Gasteiger partial charge is 0.257 e. The van der Waals surface area contributed by atoms with Crippen LogP contribution in [0.25, 0.3) is 0 Å². The van der Waals surface area contributed by atoms with E-state index in [0.29, 0.717) is 17.9 Å². The maximum absolute atomic E-state index is 13.0. The van der Waals surface area contributed by atoms with Crippen molar-refractivity contribution in [3.63, 3.8) is 0 Å². The summed E-state index contributed by atoms with van der Waals surface area (Å²) in [6, 6.07) is 16.8. The van der Waals surface area contributed by atoms with Crippen molar-refractivity contribution >= 4 is 23.6 Å². The number of pyridine rings is 2. The number of benzene rings is 1. The third-order valence-electron chi connectivity index (χ3n) is 5.89. The zero-order chi connectivity index (χ0) is 23.8. The largest absolute Gasteiger partial charge is 0.438 e. The molecule has 176 valence electrons.